The molecule has 1 saturated heterocycles. The molecule has 2 heterocycles. The van der Waals surface area contributed by atoms with Gasteiger partial charge >= 0.3 is 0 Å². The van der Waals surface area contributed by atoms with Gasteiger partial charge in [0.05, 0.1) is 22.6 Å². The summed E-state index contributed by atoms with van der Waals surface area (Å²) >= 11 is 1.45. The lowest BCUT2D eigenvalue weighted by Crippen LogP contribution is -2.48. The highest BCUT2D eigenvalue weighted by molar-refractivity contribution is 7.92. The molecule has 0 saturated carbocycles. The first-order chi connectivity index (χ1) is 18.3. The molecule has 0 spiro atoms. The van der Waals surface area contributed by atoms with Gasteiger partial charge in [-0.05, 0) is 65.9 Å². The van der Waals surface area contributed by atoms with Crippen LogP contribution >= 0.6 is 11.3 Å². The van der Waals surface area contributed by atoms with Gasteiger partial charge in [0, 0.05) is 44.5 Å². The third-order valence-electron chi connectivity index (χ3n) is 7.01. The summed E-state index contributed by atoms with van der Waals surface area (Å²) in [6.45, 7) is 5.76. The first-order valence-electron chi connectivity index (χ1n) is 12.5. The van der Waals surface area contributed by atoms with Crippen LogP contribution in [0.4, 0.5) is 5.69 Å². The fraction of sp³-hybridized carbons (Fsp3) is 0.276. The number of piperazine rings is 1. The molecule has 0 aliphatic carbocycles. The van der Waals surface area contributed by atoms with E-state index >= 15 is 0 Å². The molecule has 9 heteroatoms. The minimum absolute atomic E-state index is 0.0294. The zero-order valence-electron chi connectivity index (χ0n) is 21.8. The summed E-state index contributed by atoms with van der Waals surface area (Å²) in [5.41, 5.74) is 2.57. The topological polar surface area (TPSA) is 70.2 Å². The number of carbonyl (C=O) groups excluding carboxylic acids is 1. The molecule has 1 amide bonds. The van der Waals surface area contributed by atoms with E-state index in [1.165, 1.54) is 21.2 Å². The van der Waals surface area contributed by atoms with E-state index in [0.29, 0.717) is 29.4 Å². The van der Waals surface area contributed by atoms with Gasteiger partial charge in [0.15, 0.2) is 0 Å². The number of benzene rings is 3. The number of amides is 1. The van der Waals surface area contributed by atoms with Gasteiger partial charge in [-0.2, -0.15) is 0 Å². The van der Waals surface area contributed by atoms with Crippen molar-refractivity contribution < 1.29 is 17.9 Å². The van der Waals surface area contributed by atoms with E-state index in [2.05, 4.69) is 29.2 Å². The maximum atomic E-state index is 13.3. The Bertz CT molecular complexity index is 1560. The van der Waals surface area contributed by atoms with E-state index < -0.39 is 10.0 Å². The van der Waals surface area contributed by atoms with Crippen molar-refractivity contribution in [3.8, 4) is 5.75 Å². The molecule has 1 aromatic heterocycles. The second kappa shape index (κ2) is 10.8. The number of methoxy groups -OCH3 is 1. The number of rotatable bonds is 7. The minimum Gasteiger partial charge on any atom is -0.496 e. The zero-order valence-corrected chi connectivity index (χ0v) is 23.4. The zero-order chi connectivity index (χ0) is 26.9. The van der Waals surface area contributed by atoms with Crippen LogP contribution in [0.15, 0.2) is 77.7 Å². The number of ether oxygens (including phenoxy) is 1. The molecule has 0 unspecified atom stereocenters. The van der Waals surface area contributed by atoms with Crippen LogP contribution in [-0.2, 0) is 16.6 Å². The quantitative estimate of drug-likeness (QED) is 0.325. The molecule has 1 aliphatic rings. The Balaban J connectivity index is 1.29. The number of fused-ring (bicyclic) bond motifs is 1. The Hall–Kier alpha value is -3.40. The van der Waals surface area contributed by atoms with Crippen LogP contribution in [0.1, 0.15) is 20.8 Å². The standard InChI is InChI=1S/C29H31N3O4S2/c1-21-17-25(10-11-26(21)36-3)38(34,35)30(2)24-9-12-27-23(18-24)19-28(37-27)29(33)32-15-13-31(14-16-32)20-22-7-5-4-6-8-22/h4-12,17-19H,13-16,20H2,1-3H3. The maximum absolute atomic E-state index is 13.3. The Labute approximate surface area is 227 Å². The van der Waals surface area contributed by atoms with Gasteiger partial charge in [0.25, 0.3) is 15.9 Å². The number of nitrogens with zero attached hydrogens (tertiary/aromatic N) is 3. The molecule has 0 N–H and O–H groups in total. The smallest absolute Gasteiger partial charge is 0.264 e. The second-order valence-corrected chi connectivity index (χ2v) is 12.5. The van der Waals surface area contributed by atoms with Crippen LogP contribution < -0.4 is 9.04 Å². The van der Waals surface area contributed by atoms with Crippen LogP contribution in [-0.4, -0.2) is 64.5 Å². The number of anilines is 1. The van der Waals surface area contributed by atoms with E-state index in [-0.39, 0.29) is 10.8 Å². The normalized spacial score (nSPS) is 14.6. The van der Waals surface area contributed by atoms with Crippen molar-refractivity contribution in [2.24, 2.45) is 0 Å². The van der Waals surface area contributed by atoms with E-state index in [0.717, 1.165) is 35.3 Å². The molecular weight excluding hydrogens is 518 g/mol. The second-order valence-electron chi connectivity index (χ2n) is 9.49. The third-order valence-corrected chi connectivity index (χ3v) is 9.89. The molecule has 5 rings (SSSR count). The number of sulfonamides is 1. The van der Waals surface area contributed by atoms with Gasteiger partial charge in [-0.15, -0.1) is 11.3 Å². The lowest BCUT2D eigenvalue weighted by Gasteiger charge is -2.34. The molecule has 1 fully saturated rings. The highest BCUT2D eigenvalue weighted by Crippen LogP contribution is 2.32. The average Bonchev–Trinajstić information content (AvgIpc) is 3.36. The largest absolute Gasteiger partial charge is 0.496 e. The van der Waals surface area contributed by atoms with Gasteiger partial charge in [-0.25, -0.2) is 8.42 Å². The molecule has 7 nitrogen and oxygen atoms in total. The summed E-state index contributed by atoms with van der Waals surface area (Å²) in [5, 5.41) is 0.853. The van der Waals surface area contributed by atoms with E-state index in [4.69, 9.17) is 4.74 Å². The first kappa shape index (κ1) is 26.2. The monoisotopic (exact) mass is 549 g/mol. The Kier molecular flexibility index (Phi) is 7.43. The highest BCUT2D eigenvalue weighted by atomic mass is 32.2. The van der Waals surface area contributed by atoms with Crippen LogP contribution in [0.25, 0.3) is 10.1 Å². The van der Waals surface area contributed by atoms with Gasteiger partial charge in [-0.3, -0.25) is 14.0 Å². The summed E-state index contributed by atoms with van der Waals surface area (Å²) in [6, 6.07) is 22.6. The molecule has 1 aliphatic heterocycles. The molecule has 3 aromatic carbocycles. The predicted molar refractivity (Wildman–Crippen MR) is 153 cm³/mol. The summed E-state index contributed by atoms with van der Waals surface area (Å²) < 4.78 is 34.1. The third kappa shape index (κ3) is 5.27. The Morgan fingerprint density at radius 2 is 1.71 bits per heavy atom. The Morgan fingerprint density at radius 3 is 2.39 bits per heavy atom. The van der Waals surface area contributed by atoms with Gasteiger partial charge < -0.3 is 9.64 Å². The number of thiophene rings is 1. The van der Waals surface area contributed by atoms with Crippen molar-refractivity contribution in [1.82, 2.24) is 9.80 Å². The SMILES string of the molecule is COc1ccc(S(=O)(=O)N(C)c2ccc3sc(C(=O)N4CCN(Cc5ccccc5)CC4)cc3c2)cc1C. The summed E-state index contributed by atoms with van der Waals surface area (Å²) in [7, 11) is -0.657. The van der Waals surface area contributed by atoms with E-state index in [1.807, 2.05) is 36.1 Å². The van der Waals surface area contributed by atoms with E-state index in [1.54, 1.807) is 38.4 Å². The molecule has 198 valence electrons. The molecule has 0 atom stereocenters. The van der Waals surface area contributed by atoms with Crippen LogP contribution in [0.3, 0.4) is 0 Å². The summed E-state index contributed by atoms with van der Waals surface area (Å²) in [6.07, 6.45) is 0. The van der Waals surface area contributed by atoms with E-state index in [9.17, 15) is 13.2 Å². The average molecular weight is 550 g/mol. The summed E-state index contributed by atoms with van der Waals surface area (Å²) in [4.78, 5) is 18.4. The van der Waals surface area contributed by atoms with Gasteiger partial charge in [0.1, 0.15) is 5.75 Å². The fourth-order valence-corrected chi connectivity index (χ4v) is 7.03. The van der Waals surface area contributed by atoms with Crippen molar-refractivity contribution >= 4 is 43.0 Å². The van der Waals surface area contributed by atoms with Gasteiger partial charge in [-0.1, -0.05) is 30.3 Å². The van der Waals surface area contributed by atoms with Crippen molar-refractivity contribution in [3.63, 3.8) is 0 Å². The Morgan fingerprint density at radius 1 is 0.974 bits per heavy atom. The van der Waals surface area contributed by atoms with Crippen molar-refractivity contribution in [1.29, 1.82) is 0 Å². The molecule has 4 aromatic rings. The molecule has 0 radical (unpaired) electrons. The maximum Gasteiger partial charge on any atom is 0.264 e. The van der Waals surface area contributed by atoms with Crippen LogP contribution in [0.5, 0.6) is 5.75 Å². The lowest BCUT2D eigenvalue weighted by atomic mass is 10.2. The molecule has 0 bridgehead atoms. The van der Waals surface area contributed by atoms with Crippen LogP contribution in [0, 0.1) is 6.92 Å². The number of hydrogen-bond acceptors (Lipinski definition) is 6. The van der Waals surface area contributed by atoms with Crippen molar-refractivity contribution in [2.75, 3.05) is 44.6 Å². The fourth-order valence-electron chi connectivity index (χ4n) is 4.75. The van der Waals surface area contributed by atoms with Crippen molar-refractivity contribution in [2.45, 2.75) is 18.4 Å². The van der Waals surface area contributed by atoms with Crippen LogP contribution in [0.2, 0.25) is 0 Å². The molecule has 38 heavy (non-hydrogen) atoms. The number of aryl methyl sites for hydroxylation is 1. The lowest BCUT2D eigenvalue weighted by molar-refractivity contribution is 0.0633. The predicted octanol–water partition coefficient (Wildman–Crippen LogP) is 5.00. The van der Waals surface area contributed by atoms with Gasteiger partial charge in [0.2, 0.25) is 0 Å². The first-order valence-corrected chi connectivity index (χ1v) is 14.7. The molecular formula is C29H31N3O4S2. The number of carbonyl (C=O) groups is 1. The summed E-state index contributed by atoms with van der Waals surface area (Å²) in [5.74, 6) is 0.669. The highest BCUT2D eigenvalue weighted by Gasteiger charge is 2.25. The minimum atomic E-state index is -3.76. The number of hydrogen-bond donors (Lipinski definition) is 0. The van der Waals surface area contributed by atoms with Crippen molar-refractivity contribution in [3.05, 3.63) is 88.8 Å².